The normalized spacial score (nSPS) is 16.1. The summed E-state index contributed by atoms with van der Waals surface area (Å²) >= 11 is 0. The van der Waals surface area contributed by atoms with Crippen LogP contribution in [-0.4, -0.2) is 59.1 Å². The van der Waals surface area contributed by atoms with Crippen molar-refractivity contribution in [3.05, 3.63) is 34.9 Å². The van der Waals surface area contributed by atoms with Gasteiger partial charge in [-0.3, -0.25) is 29.0 Å². The maximum Gasteiger partial charge on any atom is 0.338 e. The van der Waals surface area contributed by atoms with Gasteiger partial charge in [-0.05, 0) is 31.0 Å². The summed E-state index contributed by atoms with van der Waals surface area (Å²) in [7, 11) is 0. The molecule has 2 heterocycles. The molecule has 1 fully saturated rings. The number of likely N-dealkylation sites (tertiary alicyclic amines) is 1. The molecule has 27 heavy (non-hydrogen) atoms. The van der Waals surface area contributed by atoms with Crippen molar-refractivity contribution in [2.75, 3.05) is 19.7 Å². The predicted octanol–water partition coefficient (Wildman–Crippen LogP) is 1.39. The first kappa shape index (κ1) is 18.8. The van der Waals surface area contributed by atoms with Crippen molar-refractivity contribution in [2.45, 2.75) is 32.6 Å². The standard InChI is InChI=1S/C19H20N2O6/c1-2-3-8-21-17(24)13-7-6-12(10-14(13)18(21)25)19(26)27-11-16(23)20-9-4-5-15(20)22/h6-7,10H,2-5,8-9,11H2,1H3. The number of ether oxygens (including phenoxy) is 1. The number of rotatable bonds is 6. The van der Waals surface area contributed by atoms with Crippen molar-refractivity contribution in [3.63, 3.8) is 0 Å². The minimum absolute atomic E-state index is 0.0767. The second-order valence-corrected chi connectivity index (χ2v) is 6.49. The SMILES string of the molecule is CCCCN1C(=O)c2ccc(C(=O)OCC(=O)N3CCCC3=O)cc2C1=O. The molecule has 1 aromatic rings. The molecule has 8 nitrogen and oxygen atoms in total. The lowest BCUT2D eigenvalue weighted by Gasteiger charge is -2.13. The van der Waals surface area contributed by atoms with E-state index >= 15 is 0 Å². The van der Waals surface area contributed by atoms with E-state index in [0.717, 1.165) is 11.3 Å². The van der Waals surface area contributed by atoms with Gasteiger partial charge in [0.15, 0.2) is 6.61 Å². The highest BCUT2D eigenvalue weighted by molar-refractivity contribution is 6.22. The molecular weight excluding hydrogens is 352 g/mol. The molecule has 1 aromatic carbocycles. The van der Waals surface area contributed by atoms with E-state index in [-0.39, 0.29) is 28.5 Å². The zero-order valence-corrected chi connectivity index (χ0v) is 15.0. The molecule has 0 bridgehead atoms. The number of unbranched alkanes of at least 4 members (excludes halogenated alkanes) is 1. The minimum atomic E-state index is -0.787. The molecule has 1 saturated heterocycles. The molecule has 2 aliphatic heterocycles. The zero-order chi connectivity index (χ0) is 19.6. The van der Waals surface area contributed by atoms with Gasteiger partial charge in [0, 0.05) is 19.5 Å². The first-order valence-corrected chi connectivity index (χ1v) is 8.94. The lowest BCUT2D eigenvalue weighted by molar-refractivity contribution is -0.143. The third kappa shape index (κ3) is 3.60. The Hall–Kier alpha value is -3.03. The summed E-state index contributed by atoms with van der Waals surface area (Å²) in [6.07, 6.45) is 2.47. The maximum atomic E-state index is 12.4. The molecule has 3 rings (SSSR count). The Morgan fingerprint density at radius 2 is 1.85 bits per heavy atom. The molecule has 0 aromatic heterocycles. The van der Waals surface area contributed by atoms with E-state index in [4.69, 9.17) is 4.74 Å². The molecule has 0 spiro atoms. The fourth-order valence-electron chi connectivity index (χ4n) is 3.14. The van der Waals surface area contributed by atoms with Crippen molar-refractivity contribution in [2.24, 2.45) is 0 Å². The van der Waals surface area contributed by atoms with Crippen LogP contribution in [0.15, 0.2) is 18.2 Å². The van der Waals surface area contributed by atoms with E-state index in [9.17, 15) is 24.0 Å². The lowest BCUT2D eigenvalue weighted by Crippen LogP contribution is -2.35. The van der Waals surface area contributed by atoms with Crippen LogP contribution >= 0.6 is 0 Å². The number of amides is 4. The molecule has 8 heteroatoms. The molecule has 142 valence electrons. The number of esters is 1. The summed E-state index contributed by atoms with van der Waals surface area (Å²) in [6, 6.07) is 4.13. The van der Waals surface area contributed by atoms with E-state index in [2.05, 4.69) is 0 Å². The Balaban J connectivity index is 1.67. The van der Waals surface area contributed by atoms with Gasteiger partial charge >= 0.3 is 5.97 Å². The molecule has 4 amide bonds. The highest BCUT2D eigenvalue weighted by Gasteiger charge is 2.35. The monoisotopic (exact) mass is 372 g/mol. The Kier molecular flexibility index (Phi) is 5.34. The van der Waals surface area contributed by atoms with Gasteiger partial charge in [-0.25, -0.2) is 4.79 Å². The highest BCUT2D eigenvalue weighted by Crippen LogP contribution is 2.24. The summed E-state index contributed by atoms with van der Waals surface area (Å²) < 4.78 is 4.97. The number of benzene rings is 1. The van der Waals surface area contributed by atoms with Crippen molar-refractivity contribution >= 4 is 29.6 Å². The molecular formula is C19H20N2O6. The first-order chi connectivity index (χ1) is 12.9. The van der Waals surface area contributed by atoms with E-state index < -0.39 is 24.4 Å². The molecule has 0 N–H and O–H groups in total. The van der Waals surface area contributed by atoms with Gasteiger partial charge in [0.25, 0.3) is 17.7 Å². The Labute approximate surface area is 156 Å². The van der Waals surface area contributed by atoms with Crippen LogP contribution in [0.4, 0.5) is 0 Å². The van der Waals surface area contributed by atoms with Crippen LogP contribution in [0.1, 0.15) is 63.7 Å². The van der Waals surface area contributed by atoms with Gasteiger partial charge in [0.2, 0.25) is 5.91 Å². The van der Waals surface area contributed by atoms with Crippen molar-refractivity contribution in [1.82, 2.24) is 9.80 Å². The molecule has 0 saturated carbocycles. The van der Waals surface area contributed by atoms with Crippen LogP contribution in [-0.2, 0) is 14.3 Å². The van der Waals surface area contributed by atoms with Gasteiger partial charge in [-0.2, -0.15) is 0 Å². The largest absolute Gasteiger partial charge is 0.452 e. The van der Waals surface area contributed by atoms with Gasteiger partial charge in [-0.15, -0.1) is 0 Å². The fraction of sp³-hybridized carbons (Fsp3) is 0.421. The van der Waals surface area contributed by atoms with Gasteiger partial charge in [-0.1, -0.05) is 13.3 Å². The first-order valence-electron chi connectivity index (χ1n) is 8.94. The van der Waals surface area contributed by atoms with Crippen molar-refractivity contribution in [3.8, 4) is 0 Å². The number of carbonyl (C=O) groups excluding carboxylic acids is 5. The maximum absolute atomic E-state index is 12.4. The molecule has 0 radical (unpaired) electrons. The van der Waals surface area contributed by atoms with Crippen LogP contribution in [0.5, 0.6) is 0 Å². The van der Waals surface area contributed by atoms with Crippen molar-refractivity contribution in [1.29, 1.82) is 0 Å². The molecule has 0 unspecified atom stereocenters. The average Bonchev–Trinajstić information content (AvgIpc) is 3.20. The number of carbonyl (C=O) groups is 5. The van der Waals surface area contributed by atoms with Crippen LogP contribution < -0.4 is 0 Å². The summed E-state index contributed by atoms with van der Waals surface area (Å²) in [5, 5.41) is 0. The third-order valence-electron chi connectivity index (χ3n) is 4.64. The Bertz CT molecular complexity index is 831. The number of imide groups is 2. The second kappa shape index (κ2) is 7.69. The second-order valence-electron chi connectivity index (χ2n) is 6.49. The molecule has 2 aliphatic rings. The van der Waals surface area contributed by atoms with E-state index in [1.165, 1.54) is 23.1 Å². The Morgan fingerprint density at radius 1 is 1.11 bits per heavy atom. The van der Waals surface area contributed by atoms with Crippen LogP contribution in [0.3, 0.4) is 0 Å². The van der Waals surface area contributed by atoms with Gasteiger partial charge in [0.1, 0.15) is 0 Å². The molecule has 0 atom stereocenters. The minimum Gasteiger partial charge on any atom is -0.452 e. The summed E-state index contributed by atoms with van der Waals surface area (Å²) in [4.78, 5) is 62.6. The van der Waals surface area contributed by atoms with Gasteiger partial charge < -0.3 is 4.74 Å². The molecule has 0 aliphatic carbocycles. The third-order valence-corrected chi connectivity index (χ3v) is 4.64. The summed E-state index contributed by atoms with van der Waals surface area (Å²) in [6.45, 7) is 2.08. The summed E-state index contributed by atoms with van der Waals surface area (Å²) in [5.41, 5.74) is 0.491. The zero-order valence-electron chi connectivity index (χ0n) is 15.0. The van der Waals surface area contributed by atoms with Crippen LogP contribution in [0, 0.1) is 0 Å². The van der Waals surface area contributed by atoms with Crippen LogP contribution in [0.25, 0.3) is 0 Å². The lowest BCUT2D eigenvalue weighted by atomic mass is 10.1. The van der Waals surface area contributed by atoms with Crippen molar-refractivity contribution < 1.29 is 28.7 Å². The number of hydrogen-bond donors (Lipinski definition) is 0. The summed E-state index contributed by atoms with van der Waals surface area (Å²) in [5.74, 6) is -2.43. The Morgan fingerprint density at radius 3 is 2.52 bits per heavy atom. The number of fused-ring (bicyclic) bond motifs is 1. The number of nitrogens with zero attached hydrogens (tertiary/aromatic N) is 2. The van der Waals surface area contributed by atoms with Gasteiger partial charge in [0.05, 0.1) is 16.7 Å². The topological polar surface area (TPSA) is 101 Å². The average molecular weight is 372 g/mol. The predicted molar refractivity (Wildman–Crippen MR) is 93.0 cm³/mol. The smallest absolute Gasteiger partial charge is 0.338 e. The number of hydrogen-bond acceptors (Lipinski definition) is 6. The van der Waals surface area contributed by atoms with E-state index in [1.807, 2.05) is 6.92 Å². The highest BCUT2D eigenvalue weighted by atomic mass is 16.5. The fourth-order valence-corrected chi connectivity index (χ4v) is 3.14. The van der Waals surface area contributed by atoms with Crippen LogP contribution in [0.2, 0.25) is 0 Å². The van der Waals surface area contributed by atoms with E-state index in [1.54, 1.807) is 0 Å². The quantitative estimate of drug-likeness (QED) is 0.552. The van der Waals surface area contributed by atoms with E-state index in [0.29, 0.717) is 32.4 Å².